The summed E-state index contributed by atoms with van der Waals surface area (Å²) in [5.74, 6) is 0. The number of rotatable bonds is 7. The van der Waals surface area contributed by atoms with Gasteiger partial charge in [0.1, 0.15) is 0 Å². The topological polar surface area (TPSA) is 38.5 Å². The van der Waals surface area contributed by atoms with Crippen LogP contribution < -0.4 is 5.73 Å². The van der Waals surface area contributed by atoms with E-state index in [1.54, 1.807) is 0 Å². The Balaban J connectivity index is 1.63. The fourth-order valence-corrected chi connectivity index (χ4v) is 2.36. The van der Waals surface area contributed by atoms with Crippen molar-refractivity contribution in [3.63, 3.8) is 0 Å². The smallest absolute Gasteiger partial charge is 0.0717 e. The molecule has 3 heteroatoms. The second kappa shape index (κ2) is 7.52. The van der Waals surface area contributed by atoms with E-state index in [9.17, 15) is 0 Å². The summed E-state index contributed by atoms with van der Waals surface area (Å²) in [6.07, 6.45) is 3.65. The number of likely N-dealkylation sites (tertiary alicyclic amines) is 1. The van der Waals surface area contributed by atoms with Gasteiger partial charge in [-0.15, -0.1) is 0 Å². The molecule has 1 heterocycles. The van der Waals surface area contributed by atoms with Gasteiger partial charge in [-0.05, 0) is 50.0 Å². The normalized spacial score (nSPS) is 16.3. The lowest BCUT2D eigenvalue weighted by Gasteiger charge is -2.14. The first-order valence-electron chi connectivity index (χ1n) is 6.96. The molecule has 1 aliphatic heterocycles. The molecule has 18 heavy (non-hydrogen) atoms. The van der Waals surface area contributed by atoms with Gasteiger partial charge in [0.15, 0.2) is 0 Å². The SMILES string of the molecule is NCCc1ccc(COCCN2CCCC2)cc1. The van der Waals surface area contributed by atoms with E-state index in [2.05, 4.69) is 29.2 Å². The second-order valence-electron chi connectivity index (χ2n) is 4.96. The standard InChI is InChI=1S/C15H24N2O/c16-8-7-14-3-5-15(6-4-14)13-18-12-11-17-9-1-2-10-17/h3-6H,1-2,7-13,16H2. The van der Waals surface area contributed by atoms with Crippen LogP contribution in [0, 0.1) is 0 Å². The van der Waals surface area contributed by atoms with Crippen molar-refractivity contribution >= 4 is 0 Å². The molecule has 100 valence electrons. The van der Waals surface area contributed by atoms with Crippen LogP contribution in [0.3, 0.4) is 0 Å². The minimum Gasteiger partial charge on any atom is -0.375 e. The maximum absolute atomic E-state index is 5.72. The maximum Gasteiger partial charge on any atom is 0.0717 e. The van der Waals surface area contributed by atoms with Gasteiger partial charge in [0.25, 0.3) is 0 Å². The number of hydrogen-bond acceptors (Lipinski definition) is 3. The van der Waals surface area contributed by atoms with Gasteiger partial charge in [0.05, 0.1) is 13.2 Å². The minimum absolute atomic E-state index is 0.714. The van der Waals surface area contributed by atoms with Gasteiger partial charge in [-0.2, -0.15) is 0 Å². The molecule has 2 N–H and O–H groups in total. The molecule has 1 fully saturated rings. The van der Waals surface area contributed by atoms with E-state index >= 15 is 0 Å². The summed E-state index contributed by atoms with van der Waals surface area (Å²) in [7, 11) is 0. The number of nitrogens with two attached hydrogens (primary N) is 1. The van der Waals surface area contributed by atoms with Crippen molar-refractivity contribution < 1.29 is 4.74 Å². The molecule has 0 saturated carbocycles. The minimum atomic E-state index is 0.714. The molecule has 1 aliphatic rings. The Labute approximate surface area is 110 Å². The Hall–Kier alpha value is -0.900. The molecule has 0 radical (unpaired) electrons. The zero-order chi connectivity index (χ0) is 12.6. The number of hydrogen-bond donors (Lipinski definition) is 1. The fourth-order valence-electron chi connectivity index (χ4n) is 2.36. The molecule has 0 aliphatic carbocycles. The first kappa shape index (κ1) is 13.5. The maximum atomic E-state index is 5.72. The molecule has 0 spiro atoms. The highest BCUT2D eigenvalue weighted by Gasteiger charge is 2.10. The summed E-state index contributed by atoms with van der Waals surface area (Å²) in [6.45, 7) is 5.84. The van der Waals surface area contributed by atoms with Crippen molar-refractivity contribution in [1.82, 2.24) is 4.90 Å². The van der Waals surface area contributed by atoms with E-state index in [-0.39, 0.29) is 0 Å². The van der Waals surface area contributed by atoms with E-state index in [4.69, 9.17) is 10.5 Å². The van der Waals surface area contributed by atoms with E-state index < -0.39 is 0 Å². The molecular formula is C15H24N2O. The van der Waals surface area contributed by atoms with E-state index in [1.165, 1.54) is 37.1 Å². The molecule has 0 aromatic heterocycles. The van der Waals surface area contributed by atoms with Gasteiger partial charge in [0, 0.05) is 6.54 Å². The van der Waals surface area contributed by atoms with Gasteiger partial charge in [0.2, 0.25) is 0 Å². The number of ether oxygens (including phenoxy) is 1. The lowest BCUT2D eigenvalue weighted by atomic mass is 10.1. The molecule has 1 aromatic rings. The molecule has 0 atom stereocenters. The Bertz CT molecular complexity index is 331. The van der Waals surface area contributed by atoms with Crippen LogP contribution in [-0.4, -0.2) is 37.7 Å². The molecule has 2 rings (SSSR count). The van der Waals surface area contributed by atoms with Crippen molar-refractivity contribution in [2.24, 2.45) is 5.73 Å². The predicted molar refractivity (Wildman–Crippen MR) is 74.5 cm³/mol. The van der Waals surface area contributed by atoms with Gasteiger partial charge in [-0.3, -0.25) is 0 Å². The van der Waals surface area contributed by atoms with Crippen molar-refractivity contribution in [2.45, 2.75) is 25.9 Å². The zero-order valence-corrected chi connectivity index (χ0v) is 11.1. The summed E-state index contributed by atoms with van der Waals surface area (Å²) in [6, 6.07) is 8.57. The van der Waals surface area contributed by atoms with Gasteiger partial charge < -0.3 is 15.4 Å². The molecule has 1 aromatic carbocycles. The van der Waals surface area contributed by atoms with Crippen LogP contribution in [0.2, 0.25) is 0 Å². The summed E-state index contributed by atoms with van der Waals surface area (Å²) < 4.78 is 5.72. The third-order valence-electron chi connectivity index (χ3n) is 3.48. The van der Waals surface area contributed by atoms with Gasteiger partial charge in [-0.1, -0.05) is 24.3 Å². The molecule has 0 bridgehead atoms. The summed E-state index contributed by atoms with van der Waals surface area (Å²) in [5.41, 5.74) is 8.08. The average molecular weight is 248 g/mol. The first-order valence-corrected chi connectivity index (χ1v) is 6.96. The Morgan fingerprint density at radius 2 is 1.72 bits per heavy atom. The molecule has 3 nitrogen and oxygen atoms in total. The third-order valence-corrected chi connectivity index (χ3v) is 3.48. The average Bonchev–Trinajstić information content (AvgIpc) is 2.90. The number of nitrogens with zero attached hydrogens (tertiary/aromatic N) is 1. The zero-order valence-electron chi connectivity index (χ0n) is 11.1. The summed E-state index contributed by atoms with van der Waals surface area (Å²) in [5, 5.41) is 0. The highest BCUT2D eigenvalue weighted by Crippen LogP contribution is 2.08. The van der Waals surface area contributed by atoms with Crippen molar-refractivity contribution in [3.05, 3.63) is 35.4 Å². The Morgan fingerprint density at radius 3 is 2.39 bits per heavy atom. The molecular weight excluding hydrogens is 224 g/mol. The molecule has 0 unspecified atom stereocenters. The van der Waals surface area contributed by atoms with Crippen LogP contribution in [0.4, 0.5) is 0 Å². The van der Waals surface area contributed by atoms with Crippen molar-refractivity contribution in [1.29, 1.82) is 0 Å². The largest absolute Gasteiger partial charge is 0.375 e. The van der Waals surface area contributed by atoms with Gasteiger partial charge >= 0.3 is 0 Å². The highest BCUT2D eigenvalue weighted by atomic mass is 16.5. The van der Waals surface area contributed by atoms with E-state index in [0.717, 1.165) is 26.2 Å². The number of benzene rings is 1. The van der Waals surface area contributed by atoms with Crippen LogP contribution >= 0.6 is 0 Å². The lowest BCUT2D eigenvalue weighted by molar-refractivity contribution is 0.0992. The van der Waals surface area contributed by atoms with Crippen LogP contribution in [0.1, 0.15) is 24.0 Å². The van der Waals surface area contributed by atoms with E-state index in [0.29, 0.717) is 6.54 Å². The van der Waals surface area contributed by atoms with Crippen LogP contribution in [0.5, 0.6) is 0 Å². The summed E-state index contributed by atoms with van der Waals surface area (Å²) >= 11 is 0. The highest BCUT2D eigenvalue weighted by molar-refractivity contribution is 5.22. The Kier molecular flexibility index (Phi) is 5.65. The van der Waals surface area contributed by atoms with E-state index in [1.807, 2.05) is 0 Å². The van der Waals surface area contributed by atoms with Crippen LogP contribution in [0.15, 0.2) is 24.3 Å². The fraction of sp³-hybridized carbons (Fsp3) is 0.600. The quantitative estimate of drug-likeness (QED) is 0.748. The van der Waals surface area contributed by atoms with Gasteiger partial charge in [-0.25, -0.2) is 0 Å². The second-order valence-corrected chi connectivity index (χ2v) is 4.96. The molecule has 0 amide bonds. The van der Waals surface area contributed by atoms with Crippen LogP contribution in [-0.2, 0) is 17.8 Å². The Morgan fingerprint density at radius 1 is 1.06 bits per heavy atom. The molecule has 1 saturated heterocycles. The predicted octanol–water partition coefficient (Wildman–Crippen LogP) is 1.80. The monoisotopic (exact) mass is 248 g/mol. The summed E-state index contributed by atoms with van der Waals surface area (Å²) in [4.78, 5) is 2.48. The lowest BCUT2D eigenvalue weighted by Crippen LogP contribution is -2.23. The third kappa shape index (κ3) is 4.41. The van der Waals surface area contributed by atoms with Crippen LogP contribution in [0.25, 0.3) is 0 Å². The van der Waals surface area contributed by atoms with Crippen molar-refractivity contribution in [3.8, 4) is 0 Å². The first-order chi connectivity index (χ1) is 8.88. The van der Waals surface area contributed by atoms with Crippen molar-refractivity contribution in [2.75, 3.05) is 32.8 Å².